The number of fused-ring (bicyclic) bond motifs is 6. The molecular weight excluding hydrogens is 751 g/mol. The average molecular weight is 782 g/mol. The lowest BCUT2D eigenvalue weighted by atomic mass is 10.1. The van der Waals surface area contributed by atoms with Crippen LogP contribution in [0.25, 0.3) is 65.4 Å². The van der Waals surface area contributed by atoms with Crippen molar-refractivity contribution in [3.63, 3.8) is 0 Å². The van der Waals surface area contributed by atoms with Gasteiger partial charge in [0.05, 0.1) is 28.6 Å². The quantitative estimate of drug-likeness (QED) is 0.0434. The lowest BCUT2D eigenvalue weighted by molar-refractivity contribution is -0.109. The van der Waals surface area contributed by atoms with Crippen LogP contribution in [-0.4, -0.2) is 38.1 Å². The molecule has 0 aliphatic rings. The van der Waals surface area contributed by atoms with Crippen molar-refractivity contribution in [1.29, 1.82) is 0 Å². The lowest BCUT2D eigenvalue weighted by Gasteiger charge is -2.07. The first kappa shape index (κ1) is 38.5. The highest BCUT2D eigenvalue weighted by atomic mass is 35.8. The lowest BCUT2D eigenvalue weighted by Crippen LogP contribution is -2.02. The van der Waals surface area contributed by atoms with Gasteiger partial charge in [0.15, 0.2) is 5.78 Å². The number of hydrogen-bond donors (Lipinski definition) is 0. The molecule has 0 aliphatic heterocycles. The minimum atomic E-state index is -1.72. The number of aromatic nitrogens is 2. The van der Waals surface area contributed by atoms with Crippen molar-refractivity contribution < 1.29 is 9.59 Å². The maximum atomic E-state index is 12.2. The van der Waals surface area contributed by atoms with Gasteiger partial charge < -0.3 is 9.13 Å². The van der Waals surface area contributed by atoms with Crippen molar-refractivity contribution in [3.8, 4) is 11.4 Å². The van der Waals surface area contributed by atoms with Gasteiger partial charge in [-0.05, 0) is 77.8 Å². The third-order valence-electron chi connectivity index (χ3n) is 7.88. The van der Waals surface area contributed by atoms with E-state index >= 15 is 0 Å². The Morgan fingerprint density at radius 3 is 1.35 bits per heavy atom. The highest BCUT2D eigenvalue weighted by Crippen LogP contribution is 2.33. The van der Waals surface area contributed by atoms with Gasteiger partial charge in [-0.3, -0.25) is 9.59 Å². The van der Waals surface area contributed by atoms with Crippen LogP contribution in [0.3, 0.4) is 0 Å². The number of hydrogen-bond acceptors (Lipinski definition) is 3. The van der Waals surface area contributed by atoms with Gasteiger partial charge in [0.1, 0.15) is 0 Å². The smallest absolute Gasteiger partial charge is 0.309 e. The van der Waals surface area contributed by atoms with E-state index in [0.717, 1.165) is 27.5 Å². The zero-order chi connectivity index (χ0) is 37.0. The maximum Gasteiger partial charge on any atom is 0.643 e. The molecule has 0 N–H and O–H groups in total. The van der Waals surface area contributed by atoms with E-state index in [9.17, 15) is 9.59 Å². The number of halogens is 4. The van der Waals surface area contributed by atoms with Crippen LogP contribution in [0.4, 0.5) is 0 Å². The molecule has 0 amide bonds. The predicted octanol–water partition coefficient (Wildman–Crippen LogP) is 12.5. The number of ketones is 1. The summed E-state index contributed by atoms with van der Waals surface area (Å²) in [6.07, 6.45) is 0. The summed E-state index contributed by atoms with van der Waals surface area (Å²) >= 11 is 2.91. The monoisotopic (exact) mass is 779 g/mol. The summed E-state index contributed by atoms with van der Waals surface area (Å²) in [6.45, 7) is 1.13. The molecule has 0 unspecified atom stereocenters. The second kappa shape index (κ2) is 18.7. The molecule has 0 spiro atoms. The molecule has 7 nitrogen and oxygen atoms in total. The van der Waals surface area contributed by atoms with Crippen LogP contribution in [0, 0.1) is 0 Å². The van der Waals surface area contributed by atoms with E-state index in [1.54, 1.807) is 6.07 Å². The zero-order valence-electron chi connectivity index (χ0n) is 27.8. The second-order valence-corrected chi connectivity index (χ2v) is 18.1. The number of carbonyl (C=O) groups is 2. The van der Waals surface area contributed by atoms with Crippen LogP contribution in [0.1, 0.15) is 17.3 Å². The Bertz CT molecular complexity index is 2450. The van der Waals surface area contributed by atoms with Crippen molar-refractivity contribution in [3.05, 3.63) is 168 Å². The Kier molecular flexibility index (Phi) is 13.8. The molecule has 8 rings (SSSR count). The van der Waals surface area contributed by atoms with Gasteiger partial charge >= 0.3 is 11.4 Å². The molecule has 0 atom stereocenters. The summed E-state index contributed by atoms with van der Waals surface area (Å²) in [5, 5.41) is 7.71. The van der Waals surface area contributed by atoms with Crippen LogP contribution >= 0.6 is 41.7 Å². The first-order valence-electron chi connectivity index (χ1n) is 16.0. The second-order valence-electron chi connectivity index (χ2n) is 11.2. The molecule has 0 bridgehead atoms. The molecule has 52 heavy (non-hydrogen) atoms. The SMILES string of the molecule is CC(=O)Cl.[Cl][Al]([Cl])[Cl].[N-]=[N+]=NCC(=O)c1ccc2c(c1)c1ccccc1n2-c1ccccc1.c1ccc(-n2c3ccccc3c3ccccc32)cc1. The van der Waals surface area contributed by atoms with Gasteiger partial charge in [0, 0.05) is 50.3 Å². The highest BCUT2D eigenvalue weighted by molar-refractivity contribution is 7.54. The predicted molar refractivity (Wildman–Crippen MR) is 220 cm³/mol. The van der Waals surface area contributed by atoms with Gasteiger partial charge in [-0.15, -0.1) is 0 Å². The summed E-state index contributed by atoms with van der Waals surface area (Å²) in [4.78, 5) is 24.1. The Hall–Kier alpha value is -4.74. The first-order valence-corrected chi connectivity index (χ1v) is 21.6. The van der Waals surface area contributed by atoms with Crippen molar-refractivity contribution in [1.82, 2.24) is 9.13 Å². The molecule has 2 aromatic heterocycles. The first-order chi connectivity index (χ1) is 25.2. The summed E-state index contributed by atoms with van der Waals surface area (Å²) < 4.78 is 4.51. The van der Waals surface area contributed by atoms with Crippen molar-refractivity contribution >= 4 is 108 Å². The Morgan fingerprint density at radius 2 is 0.942 bits per heavy atom. The molecule has 0 radical (unpaired) electrons. The molecular formula is C40H30AlCl4N5O2. The summed E-state index contributed by atoms with van der Waals surface area (Å²) in [5.74, 6) is -0.184. The molecule has 6 aromatic carbocycles. The van der Waals surface area contributed by atoms with Crippen LogP contribution in [0.15, 0.2) is 157 Å². The van der Waals surface area contributed by atoms with Crippen LogP contribution in [-0.2, 0) is 4.79 Å². The van der Waals surface area contributed by atoms with Gasteiger partial charge in [0.25, 0.3) is 0 Å². The summed E-state index contributed by atoms with van der Waals surface area (Å²) in [5.41, 5.74) is 15.9. The van der Waals surface area contributed by atoms with E-state index in [4.69, 9.17) is 35.7 Å². The third-order valence-corrected chi connectivity index (χ3v) is 7.88. The van der Waals surface area contributed by atoms with Crippen LogP contribution < -0.4 is 0 Å². The number of azide groups is 1. The van der Waals surface area contributed by atoms with Gasteiger partial charge in [0.2, 0.25) is 5.24 Å². The molecule has 0 saturated carbocycles. The van der Waals surface area contributed by atoms with Crippen molar-refractivity contribution in [2.24, 2.45) is 5.11 Å². The van der Waals surface area contributed by atoms with E-state index < -0.39 is 11.4 Å². The van der Waals surface area contributed by atoms with E-state index in [-0.39, 0.29) is 17.6 Å². The van der Waals surface area contributed by atoms with Crippen molar-refractivity contribution in [2.45, 2.75) is 6.92 Å². The molecule has 2 heterocycles. The molecule has 0 aliphatic carbocycles. The number of carbonyl (C=O) groups excluding carboxylic acids is 2. The van der Waals surface area contributed by atoms with Gasteiger partial charge in [-0.2, -0.15) is 0 Å². The average Bonchev–Trinajstić information content (AvgIpc) is 3.67. The molecule has 12 heteroatoms. The van der Waals surface area contributed by atoms with E-state index in [1.807, 2.05) is 42.5 Å². The summed E-state index contributed by atoms with van der Waals surface area (Å²) in [7, 11) is 14.8. The number of Topliss-reactive ketones (excluding diaryl/α,β-unsaturated/α-hetero) is 1. The number of benzene rings is 6. The van der Waals surface area contributed by atoms with E-state index in [2.05, 4.69) is 134 Å². The third kappa shape index (κ3) is 9.37. The molecule has 0 saturated heterocycles. The minimum Gasteiger partial charge on any atom is -0.309 e. The molecule has 8 aromatic rings. The van der Waals surface area contributed by atoms with Crippen LogP contribution in [0.2, 0.25) is 0 Å². The Morgan fingerprint density at radius 1 is 0.596 bits per heavy atom. The molecule has 0 fully saturated rings. The minimum absolute atomic E-state index is 0.167. The Balaban J connectivity index is 0.000000171. The fourth-order valence-corrected chi connectivity index (χ4v) is 5.97. The van der Waals surface area contributed by atoms with Gasteiger partial charge in [-0.25, -0.2) is 30.1 Å². The zero-order valence-corrected chi connectivity index (χ0v) is 32.0. The van der Waals surface area contributed by atoms with Crippen LogP contribution in [0.5, 0.6) is 0 Å². The highest BCUT2D eigenvalue weighted by Gasteiger charge is 2.14. The maximum absolute atomic E-state index is 12.2. The fraction of sp³-hybridized carbons (Fsp3) is 0.0500. The Labute approximate surface area is 322 Å². The topological polar surface area (TPSA) is 92.8 Å². The standard InChI is InChI=1S/C20H14N4O.C18H13N.C2H3ClO.Al.3ClH/c21-23-22-13-20(25)14-10-11-19-17(12-14)16-8-4-5-9-18(16)24(19)15-6-2-1-3-7-15;1-2-8-14(9-3-1)19-17-12-6-4-10-15(17)16-11-5-7-13-18(16)19;1-2(3)4;;;;/h1-12H,13H2;1-13H;1H3;;3*1H/q;;;+3;;;/p-3. The molecule has 258 valence electrons. The largest absolute Gasteiger partial charge is 0.643 e. The fourth-order valence-electron chi connectivity index (χ4n) is 5.97. The number of rotatable bonds is 5. The van der Waals surface area contributed by atoms with Gasteiger partial charge in [-0.1, -0.05) is 96.1 Å². The number of nitrogens with zero attached hydrogens (tertiary/aromatic N) is 5. The van der Waals surface area contributed by atoms with E-state index in [1.165, 1.54) is 34.4 Å². The van der Waals surface area contributed by atoms with Crippen molar-refractivity contribution in [2.75, 3.05) is 6.54 Å². The number of para-hydroxylation sites is 5. The normalized spacial score (nSPS) is 10.2. The van der Waals surface area contributed by atoms with E-state index in [0.29, 0.717) is 5.56 Å². The summed E-state index contributed by atoms with van der Waals surface area (Å²) in [6, 6.07) is 51.5.